The number of aliphatic hydroxyl groups is 1. The van der Waals surface area contributed by atoms with Crippen LogP contribution >= 0.6 is 0 Å². The van der Waals surface area contributed by atoms with Gasteiger partial charge in [-0.1, -0.05) is 40.0 Å². The van der Waals surface area contributed by atoms with Gasteiger partial charge in [0.05, 0.1) is 18.1 Å². The van der Waals surface area contributed by atoms with E-state index < -0.39 is 18.1 Å². The first kappa shape index (κ1) is 45.8. The Labute approximate surface area is 332 Å². The number of amides is 3. The van der Waals surface area contributed by atoms with E-state index in [2.05, 4.69) is 36.7 Å². The Morgan fingerprint density at radius 1 is 0.673 bits per heavy atom. The van der Waals surface area contributed by atoms with Gasteiger partial charge in [0, 0.05) is 24.7 Å². The van der Waals surface area contributed by atoms with Crippen LogP contribution in [0.5, 0.6) is 0 Å². The van der Waals surface area contributed by atoms with Crippen molar-refractivity contribution >= 4 is 17.7 Å². The standard InChI is InChI=1S/C42H81N9O4/c1-26(11-10-22-52)29-15-16-30-37-31(25-36(42(29,30)3)51-40(55)34(48)14-6-9-21-45)41(2)18-17-28(49-38(53)32(46)12-4-7-19-43)23-27(41)24-35(37)50-39(54)33(47)13-5-8-20-44/h26-37,52H,4-25,43-48H2,1-3H3,(H,49,53)(H,50,54)(H,51,55)/t26-,27?,28-,29?,30+,31+,32?,33+,34?,35-,36+,37?,41?,42?/m1/s1. The van der Waals surface area contributed by atoms with E-state index in [1.54, 1.807) is 0 Å². The molecule has 4 aliphatic carbocycles. The summed E-state index contributed by atoms with van der Waals surface area (Å²) in [4.78, 5) is 41.1. The molecule has 4 saturated carbocycles. The lowest BCUT2D eigenvalue weighted by Gasteiger charge is -2.65. The molecular weight excluding hydrogens is 695 g/mol. The molecule has 16 N–H and O–H groups in total. The maximum Gasteiger partial charge on any atom is 0.237 e. The molecular formula is C42H81N9O4. The summed E-state index contributed by atoms with van der Waals surface area (Å²) in [6.07, 6.45) is 14.8. The van der Waals surface area contributed by atoms with Crippen LogP contribution in [-0.2, 0) is 14.4 Å². The summed E-state index contributed by atoms with van der Waals surface area (Å²) in [5, 5.41) is 20.2. The molecule has 4 rings (SSSR count). The smallest absolute Gasteiger partial charge is 0.237 e. The minimum atomic E-state index is -0.602. The van der Waals surface area contributed by atoms with Gasteiger partial charge in [-0.2, -0.15) is 0 Å². The van der Waals surface area contributed by atoms with Gasteiger partial charge in [0.2, 0.25) is 17.7 Å². The number of hydrogen-bond donors (Lipinski definition) is 10. The molecule has 0 heterocycles. The second-order valence-electron chi connectivity index (χ2n) is 18.7. The van der Waals surface area contributed by atoms with Crippen molar-refractivity contribution in [3.8, 4) is 0 Å². The molecule has 7 unspecified atom stereocenters. The molecule has 0 aliphatic heterocycles. The zero-order valence-electron chi connectivity index (χ0n) is 34.6. The minimum absolute atomic E-state index is 0.0108. The van der Waals surface area contributed by atoms with Gasteiger partial charge in [-0.05, 0) is 162 Å². The molecule has 14 atom stereocenters. The third-order valence-corrected chi connectivity index (χ3v) is 15.4. The largest absolute Gasteiger partial charge is 0.396 e. The van der Waals surface area contributed by atoms with Crippen molar-refractivity contribution in [3.05, 3.63) is 0 Å². The number of aliphatic hydroxyl groups excluding tert-OH is 1. The second kappa shape index (κ2) is 21.2. The van der Waals surface area contributed by atoms with Crippen molar-refractivity contribution in [3.63, 3.8) is 0 Å². The lowest BCUT2D eigenvalue weighted by Crippen LogP contribution is -2.68. The summed E-state index contributed by atoms with van der Waals surface area (Å²) in [6, 6.07) is -1.89. The van der Waals surface area contributed by atoms with Crippen molar-refractivity contribution in [2.75, 3.05) is 26.2 Å². The van der Waals surface area contributed by atoms with Crippen LogP contribution in [0.3, 0.4) is 0 Å². The van der Waals surface area contributed by atoms with Gasteiger partial charge >= 0.3 is 0 Å². The first-order valence-electron chi connectivity index (χ1n) is 22.2. The fraction of sp³-hybridized carbons (Fsp3) is 0.929. The predicted molar refractivity (Wildman–Crippen MR) is 220 cm³/mol. The third kappa shape index (κ3) is 10.8. The van der Waals surface area contributed by atoms with Gasteiger partial charge in [-0.15, -0.1) is 0 Å². The maximum atomic E-state index is 13.9. The summed E-state index contributed by atoms with van der Waals surface area (Å²) >= 11 is 0. The van der Waals surface area contributed by atoms with E-state index >= 15 is 0 Å². The monoisotopic (exact) mass is 776 g/mol. The number of unbranched alkanes of at least 4 members (excludes halogenated alkanes) is 3. The highest BCUT2D eigenvalue weighted by molar-refractivity contribution is 5.82. The molecule has 0 spiro atoms. The Hall–Kier alpha value is -1.87. The molecule has 318 valence electrons. The number of nitrogens with two attached hydrogens (primary N) is 6. The van der Waals surface area contributed by atoms with Crippen LogP contribution in [0, 0.1) is 46.3 Å². The molecule has 0 radical (unpaired) electrons. The zero-order chi connectivity index (χ0) is 40.3. The Morgan fingerprint density at radius 3 is 1.76 bits per heavy atom. The topological polar surface area (TPSA) is 264 Å². The predicted octanol–water partition coefficient (Wildman–Crippen LogP) is 2.10. The summed E-state index contributed by atoms with van der Waals surface area (Å²) in [5.74, 6) is 1.41. The number of carbonyl (C=O) groups is 3. The molecule has 13 nitrogen and oxygen atoms in total. The van der Waals surface area contributed by atoms with Crippen molar-refractivity contribution in [2.24, 2.45) is 80.7 Å². The van der Waals surface area contributed by atoms with Gasteiger partial charge in [0.25, 0.3) is 0 Å². The zero-order valence-corrected chi connectivity index (χ0v) is 34.6. The molecule has 3 amide bonds. The average molecular weight is 776 g/mol. The number of carbonyl (C=O) groups excluding carboxylic acids is 3. The Morgan fingerprint density at radius 2 is 1.22 bits per heavy atom. The molecule has 13 heteroatoms. The van der Waals surface area contributed by atoms with Gasteiger partial charge in [-0.25, -0.2) is 0 Å². The summed E-state index contributed by atoms with van der Waals surface area (Å²) < 4.78 is 0. The number of rotatable bonds is 22. The molecule has 0 aromatic heterocycles. The summed E-state index contributed by atoms with van der Waals surface area (Å²) in [6.45, 7) is 9.07. The van der Waals surface area contributed by atoms with Crippen LogP contribution in [-0.4, -0.2) is 85.3 Å². The molecule has 0 saturated heterocycles. The molecule has 0 bridgehead atoms. The van der Waals surface area contributed by atoms with E-state index in [1.807, 2.05) is 0 Å². The second-order valence-corrected chi connectivity index (χ2v) is 18.7. The van der Waals surface area contributed by atoms with E-state index in [9.17, 15) is 19.5 Å². The Bertz CT molecular complexity index is 1230. The van der Waals surface area contributed by atoms with Crippen LogP contribution < -0.4 is 50.4 Å². The molecule has 4 aliphatic rings. The number of hydrogen-bond acceptors (Lipinski definition) is 10. The van der Waals surface area contributed by atoms with Crippen LogP contribution in [0.4, 0.5) is 0 Å². The minimum Gasteiger partial charge on any atom is -0.396 e. The van der Waals surface area contributed by atoms with Gasteiger partial charge in [0.1, 0.15) is 0 Å². The van der Waals surface area contributed by atoms with Crippen LogP contribution in [0.15, 0.2) is 0 Å². The molecule has 4 fully saturated rings. The van der Waals surface area contributed by atoms with Crippen molar-refractivity contribution in [2.45, 2.75) is 173 Å². The highest BCUT2D eigenvalue weighted by atomic mass is 16.3. The van der Waals surface area contributed by atoms with Crippen molar-refractivity contribution < 1.29 is 19.5 Å². The summed E-state index contributed by atoms with van der Waals surface area (Å²) in [7, 11) is 0. The summed E-state index contributed by atoms with van der Waals surface area (Å²) in [5.41, 5.74) is 36.3. The first-order chi connectivity index (χ1) is 26.3. The fourth-order valence-corrected chi connectivity index (χ4v) is 12.1. The van der Waals surface area contributed by atoms with Crippen LogP contribution in [0.25, 0.3) is 0 Å². The Kier molecular flexibility index (Phi) is 17.7. The van der Waals surface area contributed by atoms with E-state index in [-0.39, 0.29) is 77.0 Å². The van der Waals surface area contributed by atoms with Gasteiger partial charge < -0.3 is 55.5 Å². The lowest BCUT2D eigenvalue weighted by molar-refractivity contribution is -0.154. The average Bonchev–Trinajstić information content (AvgIpc) is 3.52. The van der Waals surface area contributed by atoms with Crippen LogP contribution in [0.1, 0.15) is 136 Å². The lowest BCUT2D eigenvalue weighted by atomic mass is 9.42. The Balaban J connectivity index is 1.68. The molecule has 0 aromatic carbocycles. The van der Waals surface area contributed by atoms with Gasteiger partial charge in [-0.3, -0.25) is 14.4 Å². The van der Waals surface area contributed by atoms with E-state index in [0.29, 0.717) is 50.7 Å². The quantitative estimate of drug-likeness (QED) is 0.0716. The van der Waals surface area contributed by atoms with E-state index in [1.165, 1.54) is 0 Å². The highest BCUT2D eigenvalue weighted by Gasteiger charge is 2.66. The van der Waals surface area contributed by atoms with E-state index in [4.69, 9.17) is 34.4 Å². The normalized spacial score (nSPS) is 35.0. The first-order valence-corrected chi connectivity index (χ1v) is 22.2. The third-order valence-electron chi connectivity index (χ3n) is 15.4. The number of nitrogens with one attached hydrogen (secondary N) is 3. The van der Waals surface area contributed by atoms with E-state index in [0.717, 1.165) is 96.3 Å². The SMILES string of the molecule is C[C@H](CCCO)C1CC[C@H]2C3[C@H](NC(=O)[C@@H](N)CCCCN)CC4C[C@H](NC(=O)C(N)CCCCN)CCC4(C)[C@H]3C[C@H](NC(=O)C(N)CCCCN)C12C. The highest BCUT2D eigenvalue weighted by Crippen LogP contribution is 2.68. The maximum absolute atomic E-state index is 13.9. The molecule has 0 aromatic rings. The van der Waals surface area contributed by atoms with Crippen LogP contribution in [0.2, 0.25) is 0 Å². The molecule has 55 heavy (non-hydrogen) atoms. The fourth-order valence-electron chi connectivity index (χ4n) is 12.1. The van der Waals surface area contributed by atoms with Crippen molar-refractivity contribution in [1.29, 1.82) is 0 Å². The number of fused-ring (bicyclic) bond motifs is 5. The van der Waals surface area contributed by atoms with Gasteiger partial charge in [0.15, 0.2) is 0 Å². The van der Waals surface area contributed by atoms with Crippen molar-refractivity contribution in [1.82, 2.24) is 16.0 Å².